The summed E-state index contributed by atoms with van der Waals surface area (Å²) in [6, 6.07) is 5.66. The molecular formula is C11H7N5OS. The number of hydrogen-bond acceptors (Lipinski definition) is 6. The van der Waals surface area contributed by atoms with Gasteiger partial charge in [-0.2, -0.15) is 0 Å². The molecule has 0 bridgehead atoms. The van der Waals surface area contributed by atoms with Gasteiger partial charge in [0.1, 0.15) is 0 Å². The normalized spacial score (nSPS) is 10.7. The number of fused-ring (bicyclic) bond motifs is 1. The topological polar surface area (TPSA) is 73.0 Å². The monoisotopic (exact) mass is 257 g/mol. The second-order valence-corrected chi connectivity index (χ2v) is 4.36. The lowest BCUT2D eigenvalue weighted by Crippen LogP contribution is -1.91. The van der Waals surface area contributed by atoms with E-state index in [4.69, 9.17) is 0 Å². The van der Waals surface area contributed by atoms with Crippen molar-refractivity contribution in [1.29, 1.82) is 0 Å². The first-order chi connectivity index (χ1) is 8.86. The van der Waals surface area contributed by atoms with Crippen LogP contribution < -0.4 is 0 Å². The number of aromatic nitrogens is 5. The molecule has 0 atom stereocenters. The number of pyridine rings is 1. The zero-order valence-electron chi connectivity index (χ0n) is 9.09. The minimum absolute atomic E-state index is 0.449. The summed E-state index contributed by atoms with van der Waals surface area (Å²) in [5.41, 5.74) is 1.22. The molecule has 0 unspecified atom stereocenters. The van der Waals surface area contributed by atoms with E-state index in [0.717, 1.165) is 5.65 Å². The average molecular weight is 257 g/mol. The van der Waals surface area contributed by atoms with E-state index in [1.165, 1.54) is 24.2 Å². The number of nitrogens with zero attached hydrogens (tertiary/aromatic N) is 5. The van der Waals surface area contributed by atoms with Crippen LogP contribution in [0.2, 0.25) is 0 Å². The van der Waals surface area contributed by atoms with E-state index >= 15 is 0 Å². The van der Waals surface area contributed by atoms with E-state index in [2.05, 4.69) is 20.2 Å². The van der Waals surface area contributed by atoms with Gasteiger partial charge in [-0.05, 0) is 23.9 Å². The molecule has 7 heteroatoms. The molecule has 3 aromatic rings. The van der Waals surface area contributed by atoms with Crippen LogP contribution in [0.15, 0.2) is 47.1 Å². The van der Waals surface area contributed by atoms with Crippen LogP contribution in [0.4, 0.5) is 0 Å². The number of rotatable bonds is 3. The Hall–Kier alpha value is -2.28. The number of aldehydes is 1. The van der Waals surface area contributed by atoms with E-state index in [1.54, 1.807) is 0 Å². The lowest BCUT2D eigenvalue weighted by molar-refractivity contribution is 0.112. The van der Waals surface area contributed by atoms with Crippen LogP contribution >= 0.6 is 11.8 Å². The third kappa shape index (κ3) is 1.95. The largest absolute Gasteiger partial charge is 0.298 e. The van der Waals surface area contributed by atoms with Gasteiger partial charge in [-0.3, -0.25) is 9.20 Å². The Bertz CT molecular complexity index is 694. The van der Waals surface area contributed by atoms with Crippen LogP contribution in [0, 0.1) is 0 Å². The van der Waals surface area contributed by atoms with Crippen molar-refractivity contribution in [3.05, 3.63) is 42.4 Å². The minimum atomic E-state index is 0.449. The summed E-state index contributed by atoms with van der Waals surface area (Å²) >= 11 is 1.29. The molecule has 0 spiro atoms. The summed E-state index contributed by atoms with van der Waals surface area (Å²) in [5.74, 6) is 0. The molecule has 3 heterocycles. The van der Waals surface area contributed by atoms with Crippen LogP contribution in [0.5, 0.6) is 0 Å². The van der Waals surface area contributed by atoms with Crippen LogP contribution in [-0.2, 0) is 0 Å². The zero-order valence-corrected chi connectivity index (χ0v) is 9.91. The molecule has 3 aromatic heterocycles. The first kappa shape index (κ1) is 10.8. The maximum atomic E-state index is 10.5. The van der Waals surface area contributed by atoms with Crippen molar-refractivity contribution in [2.24, 2.45) is 0 Å². The van der Waals surface area contributed by atoms with Gasteiger partial charge < -0.3 is 0 Å². The van der Waals surface area contributed by atoms with E-state index in [1.807, 2.05) is 28.8 Å². The molecule has 0 aliphatic heterocycles. The predicted octanol–water partition coefficient (Wildman–Crippen LogP) is 1.48. The van der Waals surface area contributed by atoms with E-state index in [9.17, 15) is 4.79 Å². The van der Waals surface area contributed by atoms with Crippen LogP contribution in [0.1, 0.15) is 10.4 Å². The Morgan fingerprint density at radius 3 is 2.78 bits per heavy atom. The zero-order chi connectivity index (χ0) is 12.4. The van der Waals surface area contributed by atoms with Crippen LogP contribution in [0.25, 0.3) is 5.65 Å². The van der Waals surface area contributed by atoms with Crippen molar-refractivity contribution in [3.63, 3.8) is 0 Å². The summed E-state index contributed by atoms with van der Waals surface area (Å²) in [5, 5.41) is 9.30. The first-order valence-electron chi connectivity index (χ1n) is 5.11. The van der Waals surface area contributed by atoms with Gasteiger partial charge in [0.2, 0.25) is 5.16 Å². The predicted molar refractivity (Wildman–Crippen MR) is 64.5 cm³/mol. The molecule has 0 radical (unpaired) electrons. The molecular weight excluding hydrogens is 250 g/mol. The van der Waals surface area contributed by atoms with Crippen molar-refractivity contribution in [2.45, 2.75) is 10.3 Å². The molecule has 18 heavy (non-hydrogen) atoms. The number of hydrogen-bond donors (Lipinski definition) is 0. The Morgan fingerprint density at radius 1 is 1.17 bits per heavy atom. The van der Waals surface area contributed by atoms with Gasteiger partial charge in [0.05, 0.1) is 5.56 Å². The standard InChI is InChI=1S/C11H7N5OS/c17-7-8-5-12-10(13-6-8)18-11-15-14-9-3-1-2-4-16(9)11/h1-7H. The van der Waals surface area contributed by atoms with Crippen molar-refractivity contribution in [2.75, 3.05) is 0 Å². The molecule has 88 valence electrons. The maximum Gasteiger partial charge on any atom is 0.203 e. The van der Waals surface area contributed by atoms with Gasteiger partial charge in [0.25, 0.3) is 0 Å². The fraction of sp³-hybridized carbons (Fsp3) is 0. The average Bonchev–Trinajstić information content (AvgIpc) is 2.83. The van der Waals surface area contributed by atoms with Gasteiger partial charge in [-0.25, -0.2) is 9.97 Å². The molecule has 0 aromatic carbocycles. The highest BCUT2D eigenvalue weighted by Gasteiger charge is 2.08. The van der Waals surface area contributed by atoms with E-state index in [-0.39, 0.29) is 0 Å². The Morgan fingerprint density at radius 2 is 2.00 bits per heavy atom. The van der Waals surface area contributed by atoms with Crippen LogP contribution in [0.3, 0.4) is 0 Å². The fourth-order valence-electron chi connectivity index (χ4n) is 1.41. The number of carbonyl (C=O) groups excluding carboxylic acids is 1. The van der Waals surface area contributed by atoms with Gasteiger partial charge in [0.15, 0.2) is 17.1 Å². The third-order valence-corrected chi connectivity index (χ3v) is 3.10. The molecule has 3 rings (SSSR count). The Balaban J connectivity index is 1.93. The van der Waals surface area contributed by atoms with Gasteiger partial charge in [-0.15, -0.1) is 10.2 Å². The highest BCUT2D eigenvalue weighted by Crippen LogP contribution is 2.22. The molecule has 0 saturated carbocycles. The third-order valence-electron chi connectivity index (χ3n) is 2.25. The lowest BCUT2D eigenvalue weighted by Gasteiger charge is -1.98. The van der Waals surface area contributed by atoms with Crippen molar-refractivity contribution in [3.8, 4) is 0 Å². The highest BCUT2D eigenvalue weighted by atomic mass is 32.2. The Kier molecular flexibility index (Phi) is 2.73. The second kappa shape index (κ2) is 4.53. The second-order valence-electron chi connectivity index (χ2n) is 3.43. The summed E-state index contributed by atoms with van der Waals surface area (Å²) in [6.07, 6.45) is 5.54. The van der Waals surface area contributed by atoms with Gasteiger partial charge >= 0.3 is 0 Å². The summed E-state index contributed by atoms with van der Waals surface area (Å²) in [4.78, 5) is 18.6. The van der Waals surface area contributed by atoms with Crippen molar-refractivity contribution >= 4 is 23.7 Å². The SMILES string of the molecule is O=Cc1cnc(Sc2nnc3ccccn23)nc1. The lowest BCUT2D eigenvalue weighted by atomic mass is 10.4. The summed E-state index contributed by atoms with van der Waals surface area (Å²) in [7, 11) is 0. The quantitative estimate of drug-likeness (QED) is 0.522. The van der Waals surface area contributed by atoms with Crippen molar-refractivity contribution in [1.82, 2.24) is 24.6 Å². The minimum Gasteiger partial charge on any atom is -0.298 e. The molecule has 6 nitrogen and oxygen atoms in total. The molecule has 0 fully saturated rings. The van der Waals surface area contributed by atoms with E-state index in [0.29, 0.717) is 22.2 Å². The van der Waals surface area contributed by atoms with Gasteiger partial charge in [-0.1, -0.05) is 6.07 Å². The highest BCUT2D eigenvalue weighted by molar-refractivity contribution is 7.99. The van der Waals surface area contributed by atoms with E-state index < -0.39 is 0 Å². The summed E-state index contributed by atoms with van der Waals surface area (Å²) in [6.45, 7) is 0. The van der Waals surface area contributed by atoms with Crippen LogP contribution in [-0.4, -0.2) is 30.9 Å². The summed E-state index contributed by atoms with van der Waals surface area (Å²) < 4.78 is 1.85. The first-order valence-corrected chi connectivity index (χ1v) is 5.93. The molecule has 0 N–H and O–H groups in total. The number of carbonyl (C=O) groups is 1. The molecule has 0 amide bonds. The smallest absolute Gasteiger partial charge is 0.203 e. The molecule has 0 aliphatic carbocycles. The Labute approximate surface area is 106 Å². The maximum absolute atomic E-state index is 10.5. The fourth-order valence-corrected chi connectivity index (χ4v) is 2.12. The molecule has 0 saturated heterocycles. The van der Waals surface area contributed by atoms with Gasteiger partial charge in [0, 0.05) is 18.6 Å². The van der Waals surface area contributed by atoms with Crippen molar-refractivity contribution < 1.29 is 4.79 Å². The molecule has 0 aliphatic rings.